The number of hydrogen-bond acceptors (Lipinski definition) is 2. The molecule has 1 atom stereocenters. The molecule has 25 heavy (non-hydrogen) atoms. The number of hydrogen-bond donors (Lipinski definition) is 0. The second-order valence-electron chi connectivity index (χ2n) is 6.14. The summed E-state index contributed by atoms with van der Waals surface area (Å²) in [6.07, 6.45) is 0.722. The van der Waals surface area contributed by atoms with Gasteiger partial charge in [-0.2, -0.15) is 5.26 Å². The van der Waals surface area contributed by atoms with Crippen molar-refractivity contribution in [1.82, 2.24) is 0 Å². The Labute approximate surface area is 148 Å². The average molecular weight is 322 g/mol. The van der Waals surface area contributed by atoms with Crippen LogP contribution in [0.2, 0.25) is 0 Å². The molecule has 120 valence electrons. The van der Waals surface area contributed by atoms with Gasteiger partial charge in [-0.25, -0.2) is 0 Å². The molecule has 1 aliphatic rings. The molecule has 2 heteroatoms. The van der Waals surface area contributed by atoms with Crippen LogP contribution in [0.15, 0.2) is 96.6 Å². The summed E-state index contributed by atoms with van der Waals surface area (Å²) in [5.74, 6) is 0. The zero-order valence-corrected chi connectivity index (χ0v) is 13.8. The van der Waals surface area contributed by atoms with Crippen molar-refractivity contribution in [3.05, 3.63) is 108 Å². The first kappa shape index (κ1) is 15.2. The highest BCUT2D eigenvalue weighted by Gasteiger charge is 2.34. The molecule has 0 saturated heterocycles. The van der Waals surface area contributed by atoms with E-state index in [0.29, 0.717) is 0 Å². The summed E-state index contributed by atoms with van der Waals surface area (Å²) >= 11 is 0. The van der Waals surface area contributed by atoms with Crippen molar-refractivity contribution < 1.29 is 0 Å². The fourth-order valence-corrected chi connectivity index (χ4v) is 3.53. The van der Waals surface area contributed by atoms with E-state index in [1.54, 1.807) is 0 Å². The predicted molar refractivity (Wildman–Crippen MR) is 102 cm³/mol. The molecule has 0 fully saturated rings. The molecule has 0 aromatic heterocycles. The minimum Gasteiger partial charge on any atom is -0.332 e. The van der Waals surface area contributed by atoms with Gasteiger partial charge in [0.25, 0.3) is 0 Å². The van der Waals surface area contributed by atoms with E-state index in [0.717, 1.165) is 28.9 Å². The highest BCUT2D eigenvalue weighted by molar-refractivity contribution is 5.87. The fraction of sp³-hybridized carbons (Fsp3) is 0.0870. The summed E-state index contributed by atoms with van der Waals surface area (Å²) in [7, 11) is 0. The molecule has 0 spiro atoms. The molecule has 1 heterocycles. The maximum atomic E-state index is 9.79. The molecular weight excluding hydrogens is 304 g/mol. The molecule has 0 amide bonds. The van der Waals surface area contributed by atoms with E-state index >= 15 is 0 Å². The number of nitriles is 1. The topological polar surface area (TPSA) is 27.0 Å². The van der Waals surface area contributed by atoms with Gasteiger partial charge in [-0.15, -0.1) is 0 Å². The quantitative estimate of drug-likeness (QED) is 0.630. The molecule has 0 radical (unpaired) electrons. The minimum atomic E-state index is 0.133. The summed E-state index contributed by atoms with van der Waals surface area (Å²) in [4.78, 5) is 2.31. The zero-order valence-electron chi connectivity index (χ0n) is 13.8. The Hall–Kier alpha value is -3.31. The standard InChI is InChI=1S/C23H18N2/c24-17-20-16-22(18-10-4-1-5-11-18)25(21-14-8-3-9-15-21)23(20)19-12-6-2-7-13-19/h1-15,22H,16H2. The lowest BCUT2D eigenvalue weighted by Crippen LogP contribution is -2.22. The van der Waals surface area contributed by atoms with Crippen LogP contribution in [-0.4, -0.2) is 0 Å². The number of para-hydroxylation sites is 1. The van der Waals surface area contributed by atoms with Gasteiger partial charge < -0.3 is 4.90 Å². The highest BCUT2D eigenvalue weighted by Crippen LogP contribution is 2.46. The van der Waals surface area contributed by atoms with Gasteiger partial charge in [0.2, 0.25) is 0 Å². The highest BCUT2D eigenvalue weighted by atomic mass is 15.2. The van der Waals surface area contributed by atoms with Gasteiger partial charge >= 0.3 is 0 Å². The third-order valence-electron chi connectivity index (χ3n) is 4.64. The Bertz CT molecular complexity index is 922. The lowest BCUT2D eigenvalue weighted by molar-refractivity contribution is 0.742. The van der Waals surface area contributed by atoms with E-state index in [1.165, 1.54) is 5.56 Å². The first-order valence-electron chi connectivity index (χ1n) is 8.46. The molecule has 3 aromatic carbocycles. The molecule has 0 bridgehead atoms. The van der Waals surface area contributed by atoms with Crippen LogP contribution < -0.4 is 4.90 Å². The third kappa shape index (κ3) is 2.81. The summed E-state index contributed by atoms with van der Waals surface area (Å²) in [6, 6.07) is 33.6. The van der Waals surface area contributed by atoms with Crippen LogP contribution in [-0.2, 0) is 0 Å². The van der Waals surface area contributed by atoms with Crippen LogP contribution in [0.3, 0.4) is 0 Å². The Morgan fingerprint density at radius 3 is 1.92 bits per heavy atom. The Balaban J connectivity index is 1.89. The number of nitrogens with zero attached hydrogens (tertiary/aromatic N) is 2. The van der Waals surface area contributed by atoms with Gasteiger partial charge in [0.05, 0.1) is 23.4 Å². The van der Waals surface area contributed by atoms with Crippen molar-refractivity contribution >= 4 is 11.4 Å². The van der Waals surface area contributed by atoms with Crippen LogP contribution in [0, 0.1) is 11.3 Å². The van der Waals surface area contributed by atoms with E-state index in [9.17, 15) is 5.26 Å². The number of benzene rings is 3. The van der Waals surface area contributed by atoms with Crippen molar-refractivity contribution in [2.75, 3.05) is 4.90 Å². The lowest BCUT2D eigenvalue weighted by Gasteiger charge is -2.30. The molecule has 0 N–H and O–H groups in total. The monoisotopic (exact) mass is 322 g/mol. The molecule has 0 aliphatic carbocycles. The Kier molecular flexibility index (Phi) is 4.06. The van der Waals surface area contributed by atoms with E-state index in [4.69, 9.17) is 0 Å². The molecule has 0 saturated carbocycles. The second kappa shape index (κ2) is 6.67. The SMILES string of the molecule is N#CC1=C(c2ccccc2)N(c2ccccc2)C(c2ccccc2)C1. The zero-order chi connectivity index (χ0) is 17.1. The van der Waals surface area contributed by atoms with Crippen molar-refractivity contribution in [1.29, 1.82) is 5.26 Å². The lowest BCUT2D eigenvalue weighted by atomic mass is 10.0. The van der Waals surface area contributed by atoms with Crippen LogP contribution in [0.1, 0.15) is 23.6 Å². The van der Waals surface area contributed by atoms with Gasteiger partial charge in [-0.05, 0) is 23.3 Å². The average Bonchev–Trinajstić information content (AvgIpc) is 3.10. The summed E-state index contributed by atoms with van der Waals surface area (Å²) in [5.41, 5.74) is 5.28. The van der Waals surface area contributed by atoms with Crippen LogP contribution >= 0.6 is 0 Å². The molecular formula is C23H18N2. The molecule has 2 nitrogen and oxygen atoms in total. The fourth-order valence-electron chi connectivity index (χ4n) is 3.53. The molecule has 1 unspecified atom stereocenters. The number of rotatable bonds is 3. The van der Waals surface area contributed by atoms with Gasteiger partial charge in [-0.3, -0.25) is 0 Å². The maximum Gasteiger partial charge on any atom is 0.0970 e. The first-order chi connectivity index (χ1) is 12.4. The van der Waals surface area contributed by atoms with Crippen LogP contribution in [0.25, 0.3) is 5.70 Å². The van der Waals surface area contributed by atoms with Crippen LogP contribution in [0.4, 0.5) is 5.69 Å². The molecule has 1 aliphatic heterocycles. The van der Waals surface area contributed by atoms with E-state index in [2.05, 4.69) is 59.5 Å². The summed E-state index contributed by atoms with van der Waals surface area (Å²) < 4.78 is 0. The first-order valence-corrected chi connectivity index (χ1v) is 8.46. The molecule has 4 rings (SSSR count). The van der Waals surface area contributed by atoms with E-state index in [-0.39, 0.29) is 6.04 Å². The van der Waals surface area contributed by atoms with Crippen molar-refractivity contribution in [3.8, 4) is 6.07 Å². The van der Waals surface area contributed by atoms with Gasteiger partial charge in [0.15, 0.2) is 0 Å². The van der Waals surface area contributed by atoms with E-state index in [1.807, 2.05) is 42.5 Å². The Morgan fingerprint density at radius 2 is 1.32 bits per heavy atom. The number of anilines is 1. The summed E-state index contributed by atoms with van der Waals surface area (Å²) in [5, 5.41) is 9.79. The largest absolute Gasteiger partial charge is 0.332 e. The Morgan fingerprint density at radius 1 is 0.760 bits per heavy atom. The summed E-state index contributed by atoms with van der Waals surface area (Å²) in [6.45, 7) is 0. The van der Waals surface area contributed by atoms with Gasteiger partial charge in [0.1, 0.15) is 0 Å². The predicted octanol–water partition coefficient (Wildman–Crippen LogP) is 5.57. The van der Waals surface area contributed by atoms with Crippen molar-refractivity contribution in [2.45, 2.75) is 12.5 Å². The van der Waals surface area contributed by atoms with Crippen molar-refractivity contribution in [3.63, 3.8) is 0 Å². The van der Waals surface area contributed by atoms with E-state index < -0.39 is 0 Å². The van der Waals surface area contributed by atoms with Crippen LogP contribution in [0.5, 0.6) is 0 Å². The van der Waals surface area contributed by atoms with Gasteiger partial charge in [0, 0.05) is 12.1 Å². The van der Waals surface area contributed by atoms with Crippen molar-refractivity contribution in [2.24, 2.45) is 0 Å². The smallest absolute Gasteiger partial charge is 0.0970 e. The molecule has 3 aromatic rings. The normalized spacial score (nSPS) is 16.8. The minimum absolute atomic E-state index is 0.133. The van der Waals surface area contributed by atoms with Gasteiger partial charge in [-0.1, -0.05) is 78.9 Å². The second-order valence-corrected chi connectivity index (χ2v) is 6.14. The maximum absolute atomic E-state index is 9.79. The third-order valence-corrected chi connectivity index (χ3v) is 4.64.